The Morgan fingerprint density at radius 3 is 3.00 bits per heavy atom. The number of hydrogen-bond acceptors (Lipinski definition) is 2. The van der Waals surface area contributed by atoms with Crippen molar-refractivity contribution in [2.45, 2.75) is 6.42 Å². The highest BCUT2D eigenvalue weighted by Gasteiger charge is 2.04. The lowest BCUT2D eigenvalue weighted by Crippen LogP contribution is -2.11. The van der Waals surface area contributed by atoms with Gasteiger partial charge in [-0.3, -0.25) is 4.79 Å². The van der Waals surface area contributed by atoms with Crippen LogP contribution in [0.2, 0.25) is 5.02 Å². The Hall–Kier alpha value is -1.79. The van der Waals surface area contributed by atoms with E-state index in [4.69, 9.17) is 16.9 Å². The van der Waals surface area contributed by atoms with Crippen LogP contribution in [0.4, 0.5) is 0 Å². The van der Waals surface area contributed by atoms with Crippen LogP contribution in [-0.2, 0) is 6.42 Å². The molecule has 1 aromatic heterocycles. The van der Waals surface area contributed by atoms with E-state index in [9.17, 15) is 4.79 Å². The van der Waals surface area contributed by atoms with E-state index in [-0.39, 0.29) is 12.0 Å². The molecule has 0 saturated carbocycles. The van der Waals surface area contributed by atoms with Crippen molar-refractivity contribution in [2.24, 2.45) is 0 Å². The number of para-hydroxylation sites is 1. The fourth-order valence-electron chi connectivity index (χ4n) is 1.46. The third-order valence-electron chi connectivity index (χ3n) is 2.18. The van der Waals surface area contributed by atoms with Gasteiger partial charge in [-0.05, 0) is 12.1 Å². The highest BCUT2D eigenvalue weighted by atomic mass is 35.5. The van der Waals surface area contributed by atoms with Gasteiger partial charge in [0.05, 0.1) is 23.0 Å². The van der Waals surface area contributed by atoms with Crippen molar-refractivity contribution >= 4 is 22.5 Å². The van der Waals surface area contributed by atoms with E-state index in [1.54, 1.807) is 18.2 Å². The van der Waals surface area contributed by atoms with Crippen molar-refractivity contribution in [1.82, 2.24) is 4.98 Å². The summed E-state index contributed by atoms with van der Waals surface area (Å²) in [4.78, 5) is 14.2. The molecule has 2 aromatic rings. The molecule has 0 unspecified atom stereocenters. The predicted octanol–water partition coefficient (Wildman–Crippen LogP) is 2.25. The van der Waals surface area contributed by atoms with Gasteiger partial charge < -0.3 is 4.98 Å². The van der Waals surface area contributed by atoms with Gasteiger partial charge >= 0.3 is 0 Å². The Balaban J connectivity index is 2.78. The second kappa shape index (κ2) is 3.76. The summed E-state index contributed by atoms with van der Waals surface area (Å²) in [5.41, 5.74) is 0.829. The molecule has 1 aromatic carbocycles. The molecule has 0 amide bonds. The topological polar surface area (TPSA) is 56.6 Å². The molecule has 0 saturated heterocycles. The smallest absolute Gasteiger partial charge is 0.252 e. The molecule has 0 atom stereocenters. The fourth-order valence-corrected chi connectivity index (χ4v) is 1.69. The molecule has 0 aliphatic carbocycles. The molecule has 0 spiro atoms. The lowest BCUT2D eigenvalue weighted by molar-refractivity contribution is 1.16. The maximum Gasteiger partial charge on any atom is 0.252 e. The summed E-state index contributed by atoms with van der Waals surface area (Å²) in [7, 11) is 0. The van der Waals surface area contributed by atoms with Crippen LogP contribution >= 0.6 is 11.6 Å². The van der Waals surface area contributed by atoms with Crippen LogP contribution < -0.4 is 5.56 Å². The van der Waals surface area contributed by atoms with E-state index in [0.29, 0.717) is 16.1 Å². The normalized spacial score (nSPS) is 10.1. The van der Waals surface area contributed by atoms with Crippen molar-refractivity contribution < 1.29 is 0 Å². The van der Waals surface area contributed by atoms with Gasteiger partial charge in [-0.25, -0.2) is 0 Å². The number of fused-ring (bicyclic) bond motifs is 1. The summed E-state index contributed by atoms with van der Waals surface area (Å²) in [6.07, 6.45) is 0.109. The highest BCUT2D eigenvalue weighted by Crippen LogP contribution is 2.20. The van der Waals surface area contributed by atoms with E-state index in [0.717, 1.165) is 5.39 Å². The van der Waals surface area contributed by atoms with Crippen LogP contribution in [0.25, 0.3) is 10.9 Å². The van der Waals surface area contributed by atoms with Crippen LogP contribution in [0.15, 0.2) is 29.1 Å². The summed E-state index contributed by atoms with van der Waals surface area (Å²) in [6, 6.07) is 9.01. The van der Waals surface area contributed by atoms with Crippen LogP contribution in [0.1, 0.15) is 5.56 Å². The molecule has 1 heterocycles. The second-order valence-electron chi connectivity index (χ2n) is 3.16. The number of pyridine rings is 1. The van der Waals surface area contributed by atoms with Crippen molar-refractivity contribution in [3.05, 3.63) is 45.2 Å². The Morgan fingerprint density at radius 1 is 1.47 bits per heavy atom. The number of halogens is 1. The first-order valence-electron chi connectivity index (χ1n) is 4.40. The summed E-state index contributed by atoms with van der Waals surface area (Å²) < 4.78 is 0. The quantitative estimate of drug-likeness (QED) is 0.798. The summed E-state index contributed by atoms with van der Waals surface area (Å²) >= 11 is 5.92. The van der Waals surface area contributed by atoms with Crippen molar-refractivity contribution in [3.63, 3.8) is 0 Å². The highest BCUT2D eigenvalue weighted by molar-refractivity contribution is 6.35. The van der Waals surface area contributed by atoms with Gasteiger partial charge in [0.2, 0.25) is 0 Å². The molecule has 2 rings (SSSR count). The van der Waals surface area contributed by atoms with Crippen molar-refractivity contribution in [2.75, 3.05) is 0 Å². The average molecular weight is 219 g/mol. The van der Waals surface area contributed by atoms with Gasteiger partial charge in [0.1, 0.15) is 0 Å². The number of aromatic nitrogens is 1. The van der Waals surface area contributed by atoms with Crippen LogP contribution in [0.3, 0.4) is 0 Å². The molecule has 0 aliphatic heterocycles. The number of rotatable bonds is 1. The number of nitrogens with one attached hydrogen (secondary N) is 1. The number of nitriles is 1. The van der Waals surface area contributed by atoms with Gasteiger partial charge in [0.25, 0.3) is 5.56 Å². The summed E-state index contributed by atoms with van der Waals surface area (Å²) in [5, 5.41) is 9.89. The first-order valence-corrected chi connectivity index (χ1v) is 4.77. The zero-order chi connectivity index (χ0) is 10.8. The van der Waals surface area contributed by atoms with E-state index in [2.05, 4.69) is 4.98 Å². The standard InChI is InChI=1S/C11H7ClN2O/c12-9-3-1-2-7-6-8(4-5-13)11(15)14-10(7)9/h1-3,6H,4H2,(H,14,15). The molecule has 0 fully saturated rings. The largest absolute Gasteiger partial charge is 0.320 e. The zero-order valence-electron chi connectivity index (χ0n) is 7.75. The lowest BCUT2D eigenvalue weighted by Gasteiger charge is -2.01. The molecular formula is C11H7ClN2O. The molecule has 1 N–H and O–H groups in total. The average Bonchev–Trinajstić information content (AvgIpc) is 2.21. The summed E-state index contributed by atoms with van der Waals surface area (Å²) in [6.45, 7) is 0. The van der Waals surface area contributed by atoms with E-state index in [1.165, 1.54) is 0 Å². The molecule has 3 nitrogen and oxygen atoms in total. The maximum absolute atomic E-state index is 11.5. The molecule has 74 valence electrons. The third kappa shape index (κ3) is 1.72. The minimum absolute atomic E-state index is 0.109. The first kappa shape index (κ1) is 9.75. The zero-order valence-corrected chi connectivity index (χ0v) is 8.51. The SMILES string of the molecule is N#CCc1cc2cccc(Cl)c2[nH]c1=O. The third-order valence-corrected chi connectivity index (χ3v) is 2.49. The molecule has 4 heteroatoms. The number of nitrogens with zero attached hydrogens (tertiary/aromatic N) is 1. The minimum atomic E-state index is -0.253. The Labute approximate surface area is 90.9 Å². The monoisotopic (exact) mass is 218 g/mol. The number of aromatic amines is 1. The van der Waals surface area contributed by atoms with Crippen LogP contribution in [-0.4, -0.2) is 4.98 Å². The molecule has 0 radical (unpaired) electrons. The number of hydrogen-bond donors (Lipinski definition) is 1. The Bertz CT molecular complexity index is 610. The Kier molecular flexibility index (Phi) is 2.44. The molecule has 0 aliphatic rings. The molecular weight excluding hydrogens is 212 g/mol. The van der Waals surface area contributed by atoms with Gasteiger partial charge in [0.15, 0.2) is 0 Å². The van der Waals surface area contributed by atoms with E-state index >= 15 is 0 Å². The first-order chi connectivity index (χ1) is 7.22. The second-order valence-corrected chi connectivity index (χ2v) is 3.57. The van der Waals surface area contributed by atoms with Crippen LogP contribution in [0, 0.1) is 11.3 Å². The van der Waals surface area contributed by atoms with Gasteiger partial charge in [-0.15, -0.1) is 0 Å². The molecule has 15 heavy (non-hydrogen) atoms. The van der Waals surface area contributed by atoms with E-state index in [1.807, 2.05) is 12.1 Å². The number of benzene rings is 1. The fraction of sp³-hybridized carbons (Fsp3) is 0.0909. The van der Waals surface area contributed by atoms with E-state index < -0.39 is 0 Å². The van der Waals surface area contributed by atoms with Gasteiger partial charge in [0, 0.05) is 10.9 Å². The van der Waals surface area contributed by atoms with Crippen molar-refractivity contribution in [3.8, 4) is 6.07 Å². The number of H-pyrrole nitrogens is 1. The van der Waals surface area contributed by atoms with Crippen molar-refractivity contribution in [1.29, 1.82) is 5.26 Å². The van der Waals surface area contributed by atoms with Gasteiger partial charge in [-0.1, -0.05) is 23.7 Å². The maximum atomic E-state index is 11.5. The lowest BCUT2D eigenvalue weighted by atomic mass is 10.1. The summed E-state index contributed by atoms with van der Waals surface area (Å²) in [5.74, 6) is 0. The van der Waals surface area contributed by atoms with Crippen LogP contribution in [0.5, 0.6) is 0 Å². The Morgan fingerprint density at radius 2 is 2.27 bits per heavy atom. The minimum Gasteiger partial charge on any atom is -0.320 e. The predicted molar refractivity (Wildman–Crippen MR) is 58.9 cm³/mol. The van der Waals surface area contributed by atoms with Gasteiger partial charge in [-0.2, -0.15) is 5.26 Å². The molecule has 0 bridgehead atoms.